The molecule has 0 saturated carbocycles. The van der Waals surface area contributed by atoms with Gasteiger partial charge in [-0.3, -0.25) is 9.48 Å². The van der Waals surface area contributed by atoms with Crippen molar-refractivity contribution in [1.82, 2.24) is 15.0 Å². The molecule has 0 bridgehead atoms. The van der Waals surface area contributed by atoms with Gasteiger partial charge in [0.25, 0.3) is 0 Å². The first kappa shape index (κ1) is 22.2. The zero-order chi connectivity index (χ0) is 20.2. The Labute approximate surface area is 167 Å². The summed E-state index contributed by atoms with van der Waals surface area (Å²) in [6, 6.07) is 7.81. The Hall–Kier alpha value is -2.07. The number of nitrogens with zero attached hydrogens (tertiary/aromatic N) is 3. The van der Waals surface area contributed by atoms with Gasteiger partial charge in [-0.1, -0.05) is 17.3 Å². The molecule has 9 heteroatoms. The van der Waals surface area contributed by atoms with E-state index in [4.69, 9.17) is 18.0 Å². The van der Waals surface area contributed by atoms with E-state index in [1.807, 2.05) is 33.0 Å². The number of aldehydes is 1. The zero-order valence-corrected chi connectivity index (χ0v) is 17.8. The van der Waals surface area contributed by atoms with Crippen LogP contribution in [0.15, 0.2) is 30.5 Å². The van der Waals surface area contributed by atoms with Gasteiger partial charge in [0.1, 0.15) is 18.1 Å². The van der Waals surface area contributed by atoms with E-state index >= 15 is 0 Å². The molecule has 0 radical (unpaired) electrons. The van der Waals surface area contributed by atoms with E-state index < -0.39 is 8.80 Å². The van der Waals surface area contributed by atoms with Gasteiger partial charge in [-0.05, 0) is 39.3 Å². The molecule has 0 spiro atoms. The van der Waals surface area contributed by atoms with Gasteiger partial charge in [-0.2, -0.15) is 0 Å². The molecule has 1 aromatic heterocycles. The lowest BCUT2D eigenvalue weighted by atomic mass is 10.2. The van der Waals surface area contributed by atoms with Crippen molar-refractivity contribution in [3.8, 4) is 5.75 Å². The monoisotopic (exact) mass is 407 g/mol. The number of benzene rings is 1. The first-order chi connectivity index (χ1) is 13.7. The third-order valence-corrected chi connectivity index (χ3v) is 7.12. The van der Waals surface area contributed by atoms with Crippen LogP contribution in [0.1, 0.15) is 43.2 Å². The topological polar surface area (TPSA) is 84.7 Å². The summed E-state index contributed by atoms with van der Waals surface area (Å²) in [5.74, 6) is 0.535. The van der Waals surface area contributed by atoms with E-state index in [2.05, 4.69) is 10.3 Å². The summed E-state index contributed by atoms with van der Waals surface area (Å²) in [6.07, 6.45) is 3.43. The van der Waals surface area contributed by atoms with Crippen molar-refractivity contribution in [2.75, 3.05) is 19.8 Å². The van der Waals surface area contributed by atoms with Gasteiger partial charge in [0.05, 0.1) is 11.8 Å². The summed E-state index contributed by atoms with van der Waals surface area (Å²) in [5.41, 5.74) is 1.21. The van der Waals surface area contributed by atoms with Crippen molar-refractivity contribution in [3.05, 3.63) is 41.7 Å². The van der Waals surface area contributed by atoms with Gasteiger partial charge in [0, 0.05) is 32.4 Å². The Balaban J connectivity index is 1.87. The molecule has 0 fully saturated rings. The molecule has 0 aliphatic carbocycles. The highest BCUT2D eigenvalue weighted by Crippen LogP contribution is 2.19. The van der Waals surface area contributed by atoms with E-state index in [-0.39, 0.29) is 6.61 Å². The fourth-order valence-electron chi connectivity index (χ4n) is 2.83. The predicted molar refractivity (Wildman–Crippen MR) is 106 cm³/mol. The van der Waals surface area contributed by atoms with Crippen LogP contribution < -0.4 is 4.74 Å². The van der Waals surface area contributed by atoms with Crippen molar-refractivity contribution in [2.45, 2.75) is 46.4 Å². The normalized spacial score (nSPS) is 11.5. The molecule has 0 saturated heterocycles. The van der Waals surface area contributed by atoms with E-state index in [9.17, 15) is 4.79 Å². The van der Waals surface area contributed by atoms with Crippen LogP contribution in [0.5, 0.6) is 5.75 Å². The predicted octanol–water partition coefficient (Wildman–Crippen LogP) is 3.11. The minimum absolute atomic E-state index is 0.250. The lowest BCUT2D eigenvalue weighted by Gasteiger charge is -2.28. The number of aryl methyl sites for hydroxylation is 1. The lowest BCUT2D eigenvalue weighted by Crippen LogP contribution is -2.46. The number of hydrogen-bond acceptors (Lipinski definition) is 7. The molecule has 0 unspecified atom stereocenters. The molecule has 2 aromatic rings. The minimum Gasteiger partial charge on any atom is -0.486 e. The van der Waals surface area contributed by atoms with Crippen molar-refractivity contribution in [2.24, 2.45) is 0 Å². The molecular weight excluding hydrogens is 378 g/mol. The third-order valence-electron chi connectivity index (χ3n) is 3.97. The Morgan fingerprint density at radius 3 is 2.39 bits per heavy atom. The molecular formula is C19H29N3O5Si. The molecule has 0 atom stereocenters. The van der Waals surface area contributed by atoms with Crippen molar-refractivity contribution in [3.63, 3.8) is 0 Å². The molecule has 0 aliphatic heterocycles. The summed E-state index contributed by atoms with van der Waals surface area (Å²) in [5, 5.41) is 8.27. The summed E-state index contributed by atoms with van der Waals surface area (Å²) < 4.78 is 25.0. The molecule has 0 amide bonds. The fraction of sp³-hybridized carbons (Fsp3) is 0.526. The van der Waals surface area contributed by atoms with Crippen LogP contribution in [0.2, 0.25) is 6.04 Å². The van der Waals surface area contributed by atoms with Crippen molar-refractivity contribution < 1.29 is 22.8 Å². The first-order valence-electron chi connectivity index (χ1n) is 9.64. The molecule has 1 aromatic carbocycles. The highest BCUT2D eigenvalue weighted by atomic mass is 28.4. The van der Waals surface area contributed by atoms with Crippen LogP contribution in [-0.4, -0.2) is 49.9 Å². The standard InChI is InChI=1S/C19H29N3O5Si/c1-4-25-28(26-5-2,27-6-3)13-9-12-22-14-18(20-21-22)16-24-19-11-8-7-10-17(19)15-23/h7-8,10-11,14-15H,4-6,9,12-13,16H2,1-3H3. The zero-order valence-electron chi connectivity index (χ0n) is 16.8. The maximum Gasteiger partial charge on any atom is 0.500 e. The molecule has 8 nitrogen and oxygen atoms in total. The largest absolute Gasteiger partial charge is 0.500 e. The summed E-state index contributed by atoms with van der Waals surface area (Å²) in [7, 11) is -2.63. The SMILES string of the molecule is CCO[Si](CCCn1cc(COc2ccccc2C=O)nn1)(OCC)OCC. The summed E-state index contributed by atoms with van der Waals surface area (Å²) in [6.45, 7) is 8.49. The molecule has 2 rings (SSSR count). The summed E-state index contributed by atoms with van der Waals surface area (Å²) >= 11 is 0. The van der Waals surface area contributed by atoms with Gasteiger partial charge in [0.2, 0.25) is 0 Å². The fourth-order valence-corrected chi connectivity index (χ4v) is 5.43. The number of ether oxygens (including phenoxy) is 1. The van der Waals surface area contributed by atoms with Crippen LogP contribution in [0.4, 0.5) is 0 Å². The molecule has 1 heterocycles. The highest BCUT2D eigenvalue weighted by molar-refractivity contribution is 6.60. The van der Waals surface area contributed by atoms with E-state index in [1.54, 1.807) is 22.9 Å². The number of carbonyl (C=O) groups is 1. The van der Waals surface area contributed by atoms with Gasteiger partial charge in [-0.15, -0.1) is 5.10 Å². The van der Waals surface area contributed by atoms with Gasteiger partial charge in [-0.25, -0.2) is 0 Å². The van der Waals surface area contributed by atoms with Gasteiger partial charge < -0.3 is 18.0 Å². The first-order valence-corrected chi connectivity index (χ1v) is 11.6. The molecule has 154 valence electrons. The van der Waals surface area contributed by atoms with Gasteiger partial charge >= 0.3 is 8.80 Å². The van der Waals surface area contributed by atoms with Crippen LogP contribution >= 0.6 is 0 Å². The van der Waals surface area contributed by atoms with Crippen LogP contribution in [0, 0.1) is 0 Å². The second kappa shape index (κ2) is 11.7. The number of rotatable bonds is 14. The Kier molecular flexibility index (Phi) is 9.28. The Morgan fingerprint density at radius 1 is 1.07 bits per heavy atom. The van der Waals surface area contributed by atoms with E-state index in [0.717, 1.165) is 18.8 Å². The number of carbonyl (C=O) groups excluding carboxylic acids is 1. The minimum atomic E-state index is -2.63. The molecule has 0 N–H and O–H groups in total. The lowest BCUT2D eigenvalue weighted by molar-refractivity contribution is 0.0704. The maximum absolute atomic E-state index is 11.0. The smallest absolute Gasteiger partial charge is 0.486 e. The van der Waals surface area contributed by atoms with E-state index in [1.165, 1.54) is 0 Å². The number of para-hydroxylation sites is 1. The van der Waals surface area contributed by atoms with Crippen LogP contribution in [-0.2, 0) is 26.4 Å². The van der Waals surface area contributed by atoms with E-state index in [0.29, 0.717) is 43.4 Å². The average Bonchev–Trinajstić information content (AvgIpc) is 3.15. The highest BCUT2D eigenvalue weighted by Gasteiger charge is 2.39. The molecule has 28 heavy (non-hydrogen) atoms. The maximum atomic E-state index is 11.0. The second-order valence-corrected chi connectivity index (χ2v) is 8.73. The quantitative estimate of drug-likeness (QED) is 0.351. The Morgan fingerprint density at radius 2 is 1.75 bits per heavy atom. The Bertz CT molecular complexity index is 708. The average molecular weight is 408 g/mol. The second-order valence-electron chi connectivity index (χ2n) is 6.00. The van der Waals surface area contributed by atoms with Gasteiger partial charge in [0.15, 0.2) is 6.29 Å². The number of hydrogen-bond donors (Lipinski definition) is 0. The number of aromatic nitrogens is 3. The van der Waals surface area contributed by atoms with Crippen molar-refractivity contribution >= 4 is 15.1 Å². The van der Waals surface area contributed by atoms with Crippen LogP contribution in [0.25, 0.3) is 0 Å². The molecule has 0 aliphatic rings. The van der Waals surface area contributed by atoms with Crippen molar-refractivity contribution in [1.29, 1.82) is 0 Å². The third kappa shape index (κ3) is 6.52. The van der Waals surface area contributed by atoms with Crippen LogP contribution in [0.3, 0.4) is 0 Å². The summed E-state index contributed by atoms with van der Waals surface area (Å²) in [4.78, 5) is 11.0.